The Morgan fingerprint density at radius 2 is 1.88 bits per heavy atom. The molecule has 0 aliphatic rings. The van der Waals surface area contributed by atoms with E-state index in [9.17, 15) is 14.7 Å². The fourth-order valence-corrected chi connectivity index (χ4v) is 2.74. The lowest BCUT2D eigenvalue weighted by Crippen LogP contribution is -2.44. The van der Waals surface area contributed by atoms with Gasteiger partial charge in [-0.25, -0.2) is 9.78 Å². The number of amides is 1. The number of benzene rings is 1. The molecule has 32 heavy (non-hydrogen) atoms. The van der Waals surface area contributed by atoms with Gasteiger partial charge in [-0.2, -0.15) is 0 Å². The van der Waals surface area contributed by atoms with Crippen molar-refractivity contribution in [3.05, 3.63) is 48.3 Å². The van der Waals surface area contributed by atoms with Crippen molar-refractivity contribution >= 4 is 11.9 Å². The Hall–Kier alpha value is -3.33. The summed E-state index contributed by atoms with van der Waals surface area (Å²) < 4.78 is 22.0. The van der Waals surface area contributed by atoms with E-state index in [-0.39, 0.29) is 18.1 Å². The lowest BCUT2D eigenvalue weighted by atomic mass is 10.2. The van der Waals surface area contributed by atoms with Crippen LogP contribution in [0.1, 0.15) is 37.7 Å². The van der Waals surface area contributed by atoms with Crippen LogP contribution in [-0.2, 0) is 14.3 Å². The molecule has 2 N–H and O–H groups in total. The predicted octanol–water partition coefficient (Wildman–Crippen LogP) is 2.72. The van der Waals surface area contributed by atoms with Crippen molar-refractivity contribution in [3.63, 3.8) is 0 Å². The molecule has 174 valence electrons. The van der Waals surface area contributed by atoms with Gasteiger partial charge < -0.3 is 29.4 Å². The first-order valence-corrected chi connectivity index (χ1v) is 10.4. The second-order valence-corrected chi connectivity index (χ2v) is 7.09. The van der Waals surface area contributed by atoms with Crippen LogP contribution in [0, 0.1) is 0 Å². The van der Waals surface area contributed by atoms with Crippen LogP contribution in [0.25, 0.3) is 0 Å². The summed E-state index contributed by atoms with van der Waals surface area (Å²) in [6.45, 7) is 5.96. The molecule has 0 saturated heterocycles. The summed E-state index contributed by atoms with van der Waals surface area (Å²) in [5, 5.41) is 12.5. The van der Waals surface area contributed by atoms with Crippen LogP contribution in [-0.4, -0.2) is 60.5 Å². The quantitative estimate of drug-likeness (QED) is 0.378. The van der Waals surface area contributed by atoms with E-state index in [1.165, 1.54) is 26.3 Å². The standard InChI is InChI=1S/C23H30N2O7/c1-5-13-30-14-19(32-17-9-7-6-8-10-17)16(3)31-23(28)15(2)25-22(27)20-21(26)18(29-4)11-12-24-20/h6-12,15-16,19,26H,5,13-14H2,1-4H3,(H,25,27)/t15-,16-,19+/m0/s1. The first kappa shape index (κ1) is 24.9. The van der Waals surface area contributed by atoms with Gasteiger partial charge in [-0.15, -0.1) is 0 Å². The van der Waals surface area contributed by atoms with Crippen LogP contribution in [0.15, 0.2) is 42.6 Å². The fourth-order valence-electron chi connectivity index (χ4n) is 2.74. The normalized spacial score (nSPS) is 13.5. The SMILES string of the molecule is CCCOC[C@@H](Oc1ccccc1)[C@H](C)OC(=O)[C@H](C)NC(=O)c1nccc(OC)c1O. The Bertz CT molecular complexity index is 876. The molecule has 9 nitrogen and oxygen atoms in total. The number of pyridine rings is 1. The zero-order chi connectivity index (χ0) is 23.5. The molecule has 0 spiro atoms. The minimum Gasteiger partial charge on any atom is -0.503 e. The van der Waals surface area contributed by atoms with Gasteiger partial charge in [-0.3, -0.25) is 4.79 Å². The molecule has 1 amide bonds. The highest BCUT2D eigenvalue weighted by molar-refractivity contribution is 5.97. The van der Waals surface area contributed by atoms with E-state index in [0.717, 1.165) is 6.42 Å². The number of hydrogen-bond acceptors (Lipinski definition) is 8. The van der Waals surface area contributed by atoms with Gasteiger partial charge >= 0.3 is 5.97 Å². The minimum atomic E-state index is -0.994. The lowest BCUT2D eigenvalue weighted by Gasteiger charge is -2.26. The molecule has 0 aliphatic carbocycles. The molecule has 0 bridgehead atoms. The maximum Gasteiger partial charge on any atom is 0.328 e. The van der Waals surface area contributed by atoms with Crippen molar-refractivity contribution in [2.75, 3.05) is 20.3 Å². The topological polar surface area (TPSA) is 116 Å². The third-order valence-corrected chi connectivity index (χ3v) is 4.51. The van der Waals surface area contributed by atoms with Crippen LogP contribution in [0.5, 0.6) is 17.2 Å². The summed E-state index contributed by atoms with van der Waals surface area (Å²) >= 11 is 0. The van der Waals surface area contributed by atoms with E-state index < -0.39 is 35.9 Å². The molecule has 0 aliphatic heterocycles. The van der Waals surface area contributed by atoms with Gasteiger partial charge in [0.2, 0.25) is 0 Å². The van der Waals surface area contributed by atoms with Gasteiger partial charge in [0.1, 0.15) is 17.9 Å². The summed E-state index contributed by atoms with van der Waals surface area (Å²) in [7, 11) is 1.36. The second-order valence-electron chi connectivity index (χ2n) is 7.09. The lowest BCUT2D eigenvalue weighted by molar-refractivity contribution is -0.156. The van der Waals surface area contributed by atoms with E-state index in [4.69, 9.17) is 18.9 Å². The monoisotopic (exact) mass is 446 g/mol. The molecule has 2 aromatic rings. The smallest absolute Gasteiger partial charge is 0.328 e. The fraction of sp³-hybridized carbons (Fsp3) is 0.435. The van der Waals surface area contributed by atoms with E-state index in [0.29, 0.717) is 12.4 Å². The van der Waals surface area contributed by atoms with E-state index in [2.05, 4.69) is 10.3 Å². The zero-order valence-corrected chi connectivity index (χ0v) is 18.7. The largest absolute Gasteiger partial charge is 0.503 e. The van der Waals surface area contributed by atoms with Crippen molar-refractivity contribution in [3.8, 4) is 17.2 Å². The summed E-state index contributed by atoms with van der Waals surface area (Å²) in [6.07, 6.45) is 0.975. The summed E-state index contributed by atoms with van der Waals surface area (Å²) in [5.41, 5.74) is -0.254. The van der Waals surface area contributed by atoms with Crippen LogP contribution < -0.4 is 14.8 Å². The molecule has 1 aromatic carbocycles. The average molecular weight is 447 g/mol. The third kappa shape index (κ3) is 7.12. The Kier molecular flexibility index (Phi) is 9.75. The highest BCUT2D eigenvalue weighted by Gasteiger charge is 2.28. The van der Waals surface area contributed by atoms with Crippen LogP contribution >= 0.6 is 0 Å². The maximum absolute atomic E-state index is 12.6. The molecule has 1 heterocycles. The number of carbonyl (C=O) groups excluding carboxylic acids is 2. The summed E-state index contributed by atoms with van der Waals surface area (Å²) in [4.78, 5) is 28.9. The molecule has 0 radical (unpaired) electrons. The van der Waals surface area contributed by atoms with Crippen molar-refractivity contribution in [1.82, 2.24) is 10.3 Å². The first-order chi connectivity index (χ1) is 15.4. The summed E-state index contributed by atoms with van der Waals surface area (Å²) in [5.74, 6) is -1.08. The number of aromatic nitrogens is 1. The van der Waals surface area contributed by atoms with Gasteiger partial charge in [-0.05, 0) is 32.4 Å². The van der Waals surface area contributed by atoms with Crippen LogP contribution in [0.4, 0.5) is 0 Å². The molecule has 0 saturated carbocycles. The Morgan fingerprint density at radius 3 is 2.53 bits per heavy atom. The van der Waals surface area contributed by atoms with Gasteiger partial charge in [0.05, 0.1) is 13.7 Å². The number of methoxy groups -OCH3 is 1. The van der Waals surface area contributed by atoms with Crippen molar-refractivity contribution < 1.29 is 33.6 Å². The molecular formula is C23H30N2O7. The van der Waals surface area contributed by atoms with Crippen molar-refractivity contribution in [1.29, 1.82) is 0 Å². The van der Waals surface area contributed by atoms with E-state index >= 15 is 0 Å². The molecule has 1 aromatic heterocycles. The second kappa shape index (κ2) is 12.5. The molecule has 9 heteroatoms. The minimum absolute atomic E-state index is 0.0991. The maximum atomic E-state index is 12.6. The highest BCUT2D eigenvalue weighted by Crippen LogP contribution is 2.27. The Balaban J connectivity index is 2.00. The van der Waals surface area contributed by atoms with Gasteiger partial charge in [0.25, 0.3) is 5.91 Å². The number of carbonyl (C=O) groups is 2. The number of esters is 1. The predicted molar refractivity (Wildman–Crippen MR) is 117 cm³/mol. The molecule has 3 atom stereocenters. The first-order valence-electron chi connectivity index (χ1n) is 10.4. The third-order valence-electron chi connectivity index (χ3n) is 4.51. The highest BCUT2D eigenvalue weighted by atomic mass is 16.6. The van der Waals surface area contributed by atoms with Crippen molar-refractivity contribution in [2.45, 2.75) is 45.4 Å². The van der Waals surface area contributed by atoms with Gasteiger partial charge in [0.15, 0.2) is 23.3 Å². The summed E-state index contributed by atoms with van der Waals surface area (Å²) in [6, 6.07) is 9.59. The van der Waals surface area contributed by atoms with Gasteiger partial charge in [-0.1, -0.05) is 25.1 Å². The number of nitrogens with zero attached hydrogens (tertiary/aromatic N) is 1. The zero-order valence-electron chi connectivity index (χ0n) is 18.7. The Labute approximate surface area is 187 Å². The van der Waals surface area contributed by atoms with Crippen LogP contribution in [0.3, 0.4) is 0 Å². The van der Waals surface area contributed by atoms with E-state index in [1.807, 2.05) is 25.1 Å². The average Bonchev–Trinajstić information content (AvgIpc) is 2.79. The number of nitrogens with one attached hydrogen (secondary N) is 1. The van der Waals surface area contributed by atoms with Crippen molar-refractivity contribution in [2.24, 2.45) is 0 Å². The Morgan fingerprint density at radius 1 is 1.16 bits per heavy atom. The molecule has 0 unspecified atom stereocenters. The molecular weight excluding hydrogens is 416 g/mol. The number of aromatic hydroxyl groups is 1. The van der Waals surface area contributed by atoms with Gasteiger partial charge in [0, 0.05) is 18.9 Å². The van der Waals surface area contributed by atoms with E-state index in [1.54, 1.807) is 19.1 Å². The number of para-hydroxylation sites is 1. The number of rotatable bonds is 12. The molecule has 0 fully saturated rings. The number of hydrogen-bond donors (Lipinski definition) is 2. The molecule has 2 rings (SSSR count). The van der Waals surface area contributed by atoms with Crippen LogP contribution in [0.2, 0.25) is 0 Å². The number of ether oxygens (including phenoxy) is 4.